The van der Waals surface area contributed by atoms with Crippen LogP contribution in [-0.2, 0) is 0 Å². The molecule has 0 bridgehead atoms. The zero-order valence-corrected chi connectivity index (χ0v) is 7.41. The van der Waals surface area contributed by atoms with E-state index in [-0.39, 0.29) is 5.75 Å². The van der Waals surface area contributed by atoms with Crippen molar-refractivity contribution in [1.82, 2.24) is 0 Å². The van der Waals surface area contributed by atoms with Gasteiger partial charge in [-0.2, -0.15) is 0 Å². The largest absolute Gasteiger partial charge is 0.505 e. The van der Waals surface area contributed by atoms with Crippen molar-refractivity contribution in [2.24, 2.45) is 0 Å². The molecular formula is C11H11NO. The first-order chi connectivity index (χ1) is 6.20. The highest BCUT2D eigenvalue weighted by atomic mass is 16.3. The summed E-state index contributed by atoms with van der Waals surface area (Å²) in [5.74, 6) is 0.182. The third kappa shape index (κ3) is 1.11. The zero-order valence-electron chi connectivity index (χ0n) is 7.41. The van der Waals surface area contributed by atoms with Crippen LogP contribution in [0.1, 0.15) is 5.56 Å². The van der Waals surface area contributed by atoms with E-state index in [0.29, 0.717) is 5.69 Å². The fraction of sp³-hybridized carbons (Fsp3) is 0.0909. The van der Waals surface area contributed by atoms with Gasteiger partial charge < -0.3 is 10.8 Å². The van der Waals surface area contributed by atoms with Crippen LogP contribution in [0.15, 0.2) is 30.3 Å². The van der Waals surface area contributed by atoms with Gasteiger partial charge in [-0.1, -0.05) is 24.3 Å². The molecule has 0 aliphatic rings. The molecule has 0 atom stereocenters. The molecule has 0 aliphatic carbocycles. The number of phenols is 1. The number of rotatable bonds is 0. The number of aromatic hydroxyl groups is 1. The number of benzene rings is 2. The van der Waals surface area contributed by atoms with Gasteiger partial charge in [0, 0.05) is 5.39 Å². The second-order valence-corrected chi connectivity index (χ2v) is 3.18. The van der Waals surface area contributed by atoms with Crippen LogP contribution in [0.25, 0.3) is 10.8 Å². The average molecular weight is 173 g/mol. The normalized spacial score (nSPS) is 10.5. The molecule has 0 spiro atoms. The lowest BCUT2D eigenvalue weighted by Crippen LogP contribution is -1.88. The Bertz CT molecular complexity index is 463. The molecule has 0 radical (unpaired) electrons. The van der Waals surface area contributed by atoms with Crippen LogP contribution >= 0.6 is 0 Å². The third-order valence-electron chi connectivity index (χ3n) is 2.25. The molecule has 0 aliphatic heterocycles. The van der Waals surface area contributed by atoms with Crippen molar-refractivity contribution < 1.29 is 5.11 Å². The van der Waals surface area contributed by atoms with Crippen molar-refractivity contribution in [3.05, 3.63) is 35.9 Å². The minimum atomic E-state index is 0.182. The van der Waals surface area contributed by atoms with Gasteiger partial charge in [0.15, 0.2) is 0 Å². The monoisotopic (exact) mass is 173 g/mol. The highest BCUT2D eigenvalue weighted by Gasteiger charge is 2.05. The Balaban J connectivity index is 2.97. The molecule has 2 rings (SSSR count). The van der Waals surface area contributed by atoms with E-state index in [1.807, 2.05) is 31.2 Å². The first-order valence-electron chi connectivity index (χ1n) is 4.17. The van der Waals surface area contributed by atoms with Gasteiger partial charge in [-0.15, -0.1) is 0 Å². The minimum absolute atomic E-state index is 0.182. The average Bonchev–Trinajstić information content (AvgIpc) is 2.15. The standard InChI is InChI=1S/C11H11NO/c1-7-6-10(12)11(13)9-5-3-2-4-8(7)9/h2-6,13H,12H2,1H3. The summed E-state index contributed by atoms with van der Waals surface area (Å²) in [5.41, 5.74) is 7.17. The van der Waals surface area contributed by atoms with Crippen molar-refractivity contribution in [2.75, 3.05) is 5.73 Å². The third-order valence-corrected chi connectivity index (χ3v) is 2.25. The van der Waals surface area contributed by atoms with E-state index in [1.165, 1.54) is 0 Å². The number of fused-ring (bicyclic) bond motifs is 1. The fourth-order valence-corrected chi connectivity index (χ4v) is 1.57. The molecule has 0 saturated heterocycles. The number of hydrogen-bond acceptors (Lipinski definition) is 2. The number of hydrogen-bond donors (Lipinski definition) is 2. The fourth-order valence-electron chi connectivity index (χ4n) is 1.57. The van der Waals surface area contributed by atoms with Crippen molar-refractivity contribution in [2.45, 2.75) is 6.92 Å². The SMILES string of the molecule is Cc1cc(N)c(O)c2ccccc12. The molecule has 2 aromatic carbocycles. The van der Waals surface area contributed by atoms with Gasteiger partial charge in [-0.25, -0.2) is 0 Å². The summed E-state index contributed by atoms with van der Waals surface area (Å²) in [4.78, 5) is 0. The molecule has 0 fully saturated rings. The predicted octanol–water partition coefficient (Wildman–Crippen LogP) is 2.44. The maximum Gasteiger partial charge on any atom is 0.146 e. The molecule has 3 N–H and O–H groups in total. The Morgan fingerprint density at radius 1 is 1.15 bits per heavy atom. The first-order valence-corrected chi connectivity index (χ1v) is 4.17. The summed E-state index contributed by atoms with van der Waals surface area (Å²) < 4.78 is 0. The Hall–Kier alpha value is -1.70. The summed E-state index contributed by atoms with van der Waals surface area (Å²) in [6, 6.07) is 9.47. The quantitative estimate of drug-likeness (QED) is 0.474. The van der Waals surface area contributed by atoms with Crippen molar-refractivity contribution in [1.29, 1.82) is 0 Å². The van der Waals surface area contributed by atoms with Crippen molar-refractivity contribution in [3.63, 3.8) is 0 Å². The smallest absolute Gasteiger partial charge is 0.146 e. The van der Waals surface area contributed by atoms with E-state index in [4.69, 9.17) is 5.73 Å². The van der Waals surface area contributed by atoms with E-state index in [9.17, 15) is 5.11 Å². The lowest BCUT2D eigenvalue weighted by Gasteiger charge is -2.06. The predicted molar refractivity (Wildman–Crippen MR) is 54.8 cm³/mol. The van der Waals surface area contributed by atoms with Crippen molar-refractivity contribution in [3.8, 4) is 5.75 Å². The Labute approximate surface area is 76.6 Å². The Kier molecular flexibility index (Phi) is 1.62. The summed E-state index contributed by atoms with van der Waals surface area (Å²) in [6.45, 7) is 1.98. The van der Waals surface area contributed by atoms with E-state index >= 15 is 0 Å². The van der Waals surface area contributed by atoms with Crippen LogP contribution in [0.3, 0.4) is 0 Å². The first kappa shape index (κ1) is 7.92. The second kappa shape index (κ2) is 2.66. The molecule has 66 valence electrons. The molecule has 2 aromatic rings. The summed E-state index contributed by atoms with van der Waals surface area (Å²) >= 11 is 0. The number of anilines is 1. The van der Waals surface area contributed by atoms with Gasteiger partial charge >= 0.3 is 0 Å². The van der Waals surface area contributed by atoms with Gasteiger partial charge in [0.05, 0.1) is 5.69 Å². The molecule has 0 aromatic heterocycles. The number of aryl methyl sites for hydroxylation is 1. The minimum Gasteiger partial charge on any atom is -0.505 e. The van der Waals surface area contributed by atoms with E-state index in [0.717, 1.165) is 16.3 Å². The molecule has 0 saturated carbocycles. The Morgan fingerprint density at radius 3 is 2.46 bits per heavy atom. The van der Waals surface area contributed by atoms with Crippen LogP contribution in [0.4, 0.5) is 5.69 Å². The van der Waals surface area contributed by atoms with Gasteiger partial charge in [-0.05, 0) is 23.9 Å². The van der Waals surface area contributed by atoms with Gasteiger partial charge in [-0.3, -0.25) is 0 Å². The van der Waals surface area contributed by atoms with Gasteiger partial charge in [0.25, 0.3) is 0 Å². The van der Waals surface area contributed by atoms with Crippen LogP contribution < -0.4 is 5.73 Å². The summed E-state index contributed by atoms with van der Waals surface area (Å²) in [6.07, 6.45) is 0. The van der Waals surface area contributed by atoms with E-state index in [1.54, 1.807) is 6.07 Å². The van der Waals surface area contributed by atoms with Crippen LogP contribution in [0.2, 0.25) is 0 Å². The maximum absolute atomic E-state index is 9.66. The molecule has 13 heavy (non-hydrogen) atoms. The maximum atomic E-state index is 9.66. The highest BCUT2D eigenvalue weighted by molar-refractivity contribution is 5.94. The van der Waals surface area contributed by atoms with E-state index < -0.39 is 0 Å². The van der Waals surface area contributed by atoms with Crippen LogP contribution in [0.5, 0.6) is 5.75 Å². The second-order valence-electron chi connectivity index (χ2n) is 3.18. The molecular weight excluding hydrogens is 162 g/mol. The van der Waals surface area contributed by atoms with Crippen molar-refractivity contribution >= 4 is 16.5 Å². The number of nitrogen functional groups attached to an aromatic ring is 1. The van der Waals surface area contributed by atoms with E-state index in [2.05, 4.69) is 0 Å². The number of phenolic OH excluding ortho intramolecular Hbond substituents is 1. The summed E-state index contributed by atoms with van der Waals surface area (Å²) in [5, 5.41) is 11.5. The van der Waals surface area contributed by atoms with Gasteiger partial charge in [0.2, 0.25) is 0 Å². The number of nitrogens with two attached hydrogens (primary N) is 1. The molecule has 2 nitrogen and oxygen atoms in total. The lowest BCUT2D eigenvalue weighted by atomic mass is 10.0. The lowest BCUT2D eigenvalue weighted by molar-refractivity contribution is 0.484. The topological polar surface area (TPSA) is 46.2 Å². The molecule has 0 heterocycles. The summed E-state index contributed by atoms with van der Waals surface area (Å²) in [7, 11) is 0. The molecule has 0 unspecified atom stereocenters. The molecule has 2 heteroatoms. The molecule has 0 amide bonds. The van der Waals surface area contributed by atoms with Crippen LogP contribution in [-0.4, -0.2) is 5.11 Å². The zero-order chi connectivity index (χ0) is 9.42. The van der Waals surface area contributed by atoms with Crippen LogP contribution in [0, 0.1) is 6.92 Å². The highest BCUT2D eigenvalue weighted by Crippen LogP contribution is 2.32. The Morgan fingerprint density at radius 2 is 1.77 bits per heavy atom. The van der Waals surface area contributed by atoms with Gasteiger partial charge in [0.1, 0.15) is 5.75 Å².